The van der Waals surface area contributed by atoms with Gasteiger partial charge in [-0.3, -0.25) is 4.79 Å². The van der Waals surface area contributed by atoms with E-state index in [2.05, 4.69) is 27.9 Å². The Kier molecular flexibility index (Phi) is 3.33. The van der Waals surface area contributed by atoms with E-state index in [0.717, 1.165) is 20.4 Å². The zero-order valence-electron chi connectivity index (χ0n) is 9.78. The van der Waals surface area contributed by atoms with Crippen LogP contribution in [-0.2, 0) is 4.79 Å². The first-order valence-electron chi connectivity index (χ1n) is 5.72. The zero-order chi connectivity index (χ0) is 13.4. The van der Waals surface area contributed by atoms with E-state index in [4.69, 9.17) is 11.6 Å². The van der Waals surface area contributed by atoms with Crippen LogP contribution >= 0.6 is 34.2 Å². The van der Waals surface area contributed by atoms with Gasteiger partial charge in [-0.05, 0) is 58.5 Å². The van der Waals surface area contributed by atoms with Gasteiger partial charge in [0.05, 0.1) is 0 Å². The van der Waals surface area contributed by atoms with Crippen molar-refractivity contribution in [2.75, 3.05) is 5.32 Å². The van der Waals surface area contributed by atoms with Gasteiger partial charge in [0.2, 0.25) is 0 Å². The standard InChI is InChI=1S/C15H9ClINO/c16-10-5-6-14-11(8-10)12(15(19)18-14)7-9-3-1-2-4-13(9)17/h1-8H,(H,18,19)/b12-7-. The molecule has 0 unspecified atom stereocenters. The number of fused-ring (bicyclic) bond motifs is 1. The lowest BCUT2D eigenvalue weighted by Crippen LogP contribution is -2.03. The van der Waals surface area contributed by atoms with E-state index < -0.39 is 0 Å². The molecule has 0 atom stereocenters. The predicted molar refractivity (Wildman–Crippen MR) is 87.1 cm³/mol. The molecule has 4 heteroatoms. The van der Waals surface area contributed by atoms with E-state index in [1.165, 1.54) is 0 Å². The Morgan fingerprint density at radius 3 is 2.74 bits per heavy atom. The van der Waals surface area contributed by atoms with Crippen molar-refractivity contribution >= 4 is 57.4 Å². The van der Waals surface area contributed by atoms with Crippen LogP contribution in [0, 0.1) is 3.57 Å². The molecule has 0 aliphatic carbocycles. The number of nitrogens with one attached hydrogen (secondary N) is 1. The SMILES string of the molecule is O=C1Nc2ccc(Cl)cc2/C1=C/c1ccccc1I. The fraction of sp³-hybridized carbons (Fsp3) is 0. The van der Waals surface area contributed by atoms with Gasteiger partial charge in [0.15, 0.2) is 0 Å². The van der Waals surface area contributed by atoms with E-state index in [1.807, 2.05) is 42.5 Å². The molecule has 0 radical (unpaired) electrons. The molecule has 1 aliphatic heterocycles. The van der Waals surface area contributed by atoms with Crippen molar-refractivity contribution in [2.24, 2.45) is 0 Å². The molecule has 0 fully saturated rings. The lowest BCUT2D eigenvalue weighted by Gasteiger charge is -2.01. The molecule has 1 heterocycles. The molecule has 0 spiro atoms. The number of benzene rings is 2. The molecule has 0 saturated heterocycles. The minimum Gasteiger partial charge on any atom is -0.321 e. The smallest absolute Gasteiger partial charge is 0.256 e. The van der Waals surface area contributed by atoms with Crippen LogP contribution in [0.3, 0.4) is 0 Å². The second-order valence-corrected chi connectivity index (χ2v) is 5.82. The maximum Gasteiger partial charge on any atom is 0.256 e. The van der Waals surface area contributed by atoms with Crippen LogP contribution in [0.25, 0.3) is 11.6 Å². The molecule has 0 aromatic heterocycles. The second-order valence-electron chi connectivity index (χ2n) is 4.22. The molecule has 0 bridgehead atoms. The van der Waals surface area contributed by atoms with E-state index in [-0.39, 0.29) is 5.91 Å². The summed E-state index contributed by atoms with van der Waals surface area (Å²) in [6.45, 7) is 0. The molecule has 1 N–H and O–H groups in total. The minimum absolute atomic E-state index is 0.0862. The first kappa shape index (κ1) is 12.7. The van der Waals surface area contributed by atoms with Crippen LogP contribution in [0.1, 0.15) is 11.1 Å². The molecule has 2 nitrogen and oxygen atoms in total. The summed E-state index contributed by atoms with van der Waals surface area (Å²) in [7, 11) is 0. The van der Waals surface area contributed by atoms with Crippen molar-refractivity contribution in [1.82, 2.24) is 0 Å². The van der Waals surface area contributed by atoms with E-state index in [9.17, 15) is 4.79 Å². The van der Waals surface area contributed by atoms with Gasteiger partial charge in [-0.25, -0.2) is 0 Å². The number of carbonyl (C=O) groups excluding carboxylic acids is 1. The van der Waals surface area contributed by atoms with Crippen LogP contribution < -0.4 is 5.32 Å². The third-order valence-corrected chi connectivity index (χ3v) is 4.19. The Balaban J connectivity index is 2.14. The summed E-state index contributed by atoms with van der Waals surface area (Å²) in [6, 6.07) is 13.4. The summed E-state index contributed by atoms with van der Waals surface area (Å²) < 4.78 is 1.11. The highest BCUT2D eigenvalue weighted by molar-refractivity contribution is 14.1. The van der Waals surface area contributed by atoms with Crippen molar-refractivity contribution in [1.29, 1.82) is 0 Å². The molecule has 2 aromatic rings. The number of amides is 1. The highest BCUT2D eigenvalue weighted by Crippen LogP contribution is 2.35. The first-order valence-corrected chi connectivity index (χ1v) is 7.18. The molecule has 0 saturated carbocycles. The van der Waals surface area contributed by atoms with Gasteiger partial charge < -0.3 is 5.32 Å². The topological polar surface area (TPSA) is 29.1 Å². The molecule has 1 amide bonds. The molecule has 2 aromatic carbocycles. The normalized spacial score (nSPS) is 15.5. The zero-order valence-corrected chi connectivity index (χ0v) is 12.7. The highest BCUT2D eigenvalue weighted by Gasteiger charge is 2.24. The Bertz CT molecular complexity index is 709. The number of anilines is 1. The van der Waals surface area contributed by atoms with Crippen LogP contribution in [0.4, 0.5) is 5.69 Å². The Morgan fingerprint density at radius 1 is 1.16 bits per heavy atom. The van der Waals surface area contributed by atoms with Crippen LogP contribution in [0.5, 0.6) is 0 Å². The number of halogens is 2. The third-order valence-electron chi connectivity index (χ3n) is 2.97. The molecule has 1 aliphatic rings. The van der Waals surface area contributed by atoms with Crippen molar-refractivity contribution < 1.29 is 4.79 Å². The van der Waals surface area contributed by atoms with Gasteiger partial charge in [-0.15, -0.1) is 0 Å². The molecule has 19 heavy (non-hydrogen) atoms. The van der Waals surface area contributed by atoms with Crippen LogP contribution in [0.15, 0.2) is 42.5 Å². The van der Waals surface area contributed by atoms with E-state index in [0.29, 0.717) is 10.6 Å². The van der Waals surface area contributed by atoms with Gasteiger partial charge in [-0.1, -0.05) is 29.8 Å². The quantitative estimate of drug-likeness (QED) is 0.574. The molecular formula is C15H9ClINO. The van der Waals surface area contributed by atoms with E-state index >= 15 is 0 Å². The number of carbonyl (C=O) groups is 1. The maximum atomic E-state index is 12.0. The summed E-state index contributed by atoms with van der Waals surface area (Å²) in [5, 5.41) is 3.47. The Morgan fingerprint density at radius 2 is 1.95 bits per heavy atom. The maximum absolute atomic E-state index is 12.0. The summed E-state index contributed by atoms with van der Waals surface area (Å²) in [6.07, 6.45) is 1.90. The average molecular weight is 382 g/mol. The number of hydrogen-bond acceptors (Lipinski definition) is 1. The summed E-state index contributed by atoms with van der Waals surface area (Å²) in [5.41, 5.74) is 3.35. The fourth-order valence-electron chi connectivity index (χ4n) is 2.05. The van der Waals surface area contributed by atoms with Crippen LogP contribution in [0.2, 0.25) is 5.02 Å². The van der Waals surface area contributed by atoms with Crippen molar-refractivity contribution in [3.8, 4) is 0 Å². The number of rotatable bonds is 1. The fourth-order valence-corrected chi connectivity index (χ4v) is 2.77. The lowest BCUT2D eigenvalue weighted by atomic mass is 10.0. The van der Waals surface area contributed by atoms with Gasteiger partial charge in [0.25, 0.3) is 5.91 Å². The minimum atomic E-state index is -0.0862. The molecular weight excluding hydrogens is 373 g/mol. The van der Waals surface area contributed by atoms with Gasteiger partial charge >= 0.3 is 0 Å². The lowest BCUT2D eigenvalue weighted by molar-refractivity contribution is -0.110. The summed E-state index contributed by atoms with van der Waals surface area (Å²) in [4.78, 5) is 12.0. The Labute approximate surface area is 129 Å². The van der Waals surface area contributed by atoms with E-state index in [1.54, 1.807) is 6.07 Å². The van der Waals surface area contributed by atoms with Gasteiger partial charge in [-0.2, -0.15) is 0 Å². The summed E-state index contributed by atoms with van der Waals surface area (Å²) in [5.74, 6) is -0.0862. The van der Waals surface area contributed by atoms with Gasteiger partial charge in [0.1, 0.15) is 0 Å². The first-order chi connectivity index (χ1) is 9.15. The molecule has 94 valence electrons. The van der Waals surface area contributed by atoms with Gasteiger partial charge in [0, 0.05) is 25.4 Å². The average Bonchev–Trinajstić information content (AvgIpc) is 2.69. The number of hydrogen-bond donors (Lipinski definition) is 1. The third kappa shape index (κ3) is 2.40. The summed E-state index contributed by atoms with van der Waals surface area (Å²) >= 11 is 8.26. The highest BCUT2D eigenvalue weighted by atomic mass is 127. The largest absolute Gasteiger partial charge is 0.321 e. The Hall–Kier alpha value is -1.33. The van der Waals surface area contributed by atoms with Crippen molar-refractivity contribution in [3.63, 3.8) is 0 Å². The van der Waals surface area contributed by atoms with Crippen molar-refractivity contribution in [2.45, 2.75) is 0 Å². The monoisotopic (exact) mass is 381 g/mol. The predicted octanol–water partition coefficient (Wildman–Crippen LogP) is 4.44. The second kappa shape index (κ2) is 4.98. The van der Waals surface area contributed by atoms with Crippen LogP contribution in [-0.4, -0.2) is 5.91 Å². The van der Waals surface area contributed by atoms with Crippen molar-refractivity contribution in [3.05, 3.63) is 62.2 Å². The molecule has 3 rings (SSSR count).